The molecule has 0 atom stereocenters. The molecule has 1 aromatic heterocycles. The minimum absolute atomic E-state index is 0.436. The van der Waals surface area contributed by atoms with Gasteiger partial charge >= 0.3 is 0 Å². The van der Waals surface area contributed by atoms with E-state index in [2.05, 4.69) is 117 Å². The molecule has 13 heteroatoms. The average Bonchev–Trinajstić information content (AvgIpc) is 3.61. The molecule has 0 fully saturated rings. The standard InChI is InChI=1S/C66H61Cl5N5O2S/c1-10-11-12-16-45-17-28-57(54(37-45)73-52-26-20-47(68)33-41(52)4)75(55-29-22-49(70)35-43(55)6)58-31-32-72-66(79-51-24-18-46(67)19-25-51)64(58)76(56-30-23-50(71)36-44(56)7)59-38-60(77-8)63(74-53-27-21-48(69)34-42(53)5)62(65(59)78-9)61-39(2)14-13-15-40(61)3/h13-15,17-37,73-74H,10-12,16H2,1-9H3. The Morgan fingerprint density at radius 1 is 0.519 bits per heavy atom. The molecule has 0 spiro atoms. The van der Waals surface area contributed by atoms with Crippen molar-refractivity contribution < 1.29 is 9.47 Å². The summed E-state index contributed by atoms with van der Waals surface area (Å²) in [5.41, 5.74) is 16.6. The SMILES string of the molecule is CCCCCc1ccc(N(c2ccc(Cl)cc2C)c2ccnc(Sc3ccc(Cl)cc3)c2N(c2[c]c(OC)c(Nc3ccc(Cl)cc3C)c(-c3c(C)cccc3C)c2OC)c2ccc(Cl)cc2C)c(Nc2ccc(Cl)cc2C)c1. The van der Waals surface area contributed by atoms with Gasteiger partial charge in [0, 0.05) is 59.0 Å². The number of anilines is 10. The summed E-state index contributed by atoms with van der Waals surface area (Å²) in [7, 11) is 3.37. The van der Waals surface area contributed by atoms with Gasteiger partial charge in [-0.2, -0.15) is 0 Å². The second kappa shape index (κ2) is 25.3. The van der Waals surface area contributed by atoms with Crippen LogP contribution in [0.1, 0.15) is 65.1 Å². The fourth-order valence-corrected chi connectivity index (χ4v) is 12.0. The second-order valence-electron chi connectivity index (χ2n) is 19.6. The Hall–Kier alpha value is -6.49. The number of unbranched alkanes of at least 4 members (excludes halogenated alkanes) is 2. The van der Waals surface area contributed by atoms with Gasteiger partial charge in [-0.15, -0.1) is 0 Å². The molecular formula is C66H61Cl5N5O2S. The van der Waals surface area contributed by atoms with Gasteiger partial charge in [-0.1, -0.05) is 114 Å². The monoisotopic (exact) mass is 1160 g/mol. The number of ether oxygens (including phenoxy) is 2. The quantitative estimate of drug-likeness (QED) is 0.0777. The maximum absolute atomic E-state index is 6.91. The van der Waals surface area contributed by atoms with Crippen LogP contribution in [0.5, 0.6) is 11.5 Å². The van der Waals surface area contributed by atoms with E-state index in [1.165, 1.54) is 17.3 Å². The molecule has 2 N–H and O–H groups in total. The van der Waals surface area contributed by atoms with Gasteiger partial charge in [-0.3, -0.25) is 0 Å². The van der Waals surface area contributed by atoms with E-state index in [1.54, 1.807) is 14.2 Å². The van der Waals surface area contributed by atoms with Crippen LogP contribution in [0.15, 0.2) is 156 Å². The Bertz CT molecular complexity index is 3680. The number of rotatable bonds is 19. The largest absolute Gasteiger partial charge is 0.494 e. The van der Waals surface area contributed by atoms with Gasteiger partial charge in [0.25, 0.3) is 0 Å². The minimum Gasteiger partial charge on any atom is -0.494 e. The molecule has 0 saturated heterocycles. The molecule has 403 valence electrons. The lowest BCUT2D eigenvalue weighted by atomic mass is 9.92. The first kappa shape index (κ1) is 57.2. The fraction of sp³-hybridized carbons (Fsp3) is 0.197. The van der Waals surface area contributed by atoms with Crippen molar-refractivity contribution >= 4 is 127 Å². The summed E-state index contributed by atoms with van der Waals surface area (Å²) in [6, 6.07) is 50.3. The molecule has 7 nitrogen and oxygen atoms in total. The van der Waals surface area contributed by atoms with Crippen molar-refractivity contribution in [3.63, 3.8) is 0 Å². The number of nitrogens with one attached hydrogen (secondary N) is 2. The first-order valence-corrected chi connectivity index (χ1v) is 28.8. The van der Waals surface area contributed by atoms with Crippen LogP contribution >= 0.6 is 69.8 Å². The third-order valence-electron chi connectivity index (χ3n) is 14.0. The number of pyridine rings is 1. The number of methoxy groups -OCH3 is 2. The zero-order valence-corrected chi connectivity index (χ0v) is 50.2. The Morgan fingerprint density at radius 3 is 1.65 bits per heavy atom. The van der Waals surface area contributed by atoms with Gasteiger partial charge in [0.1, 0.15) is 16.4 Å². The van der Waals surface area contributed by atoms with Crippen LogP contribution < -0.4 is 29.9 Å². The van der Waals surface area contributed by atoms with Gasteiger partial charge in [-0.05, 0) is 214 Å². The summed E-state index contributed by atoms with van der Waals surface area (Å²) in [5, 5.41) is 11.4. The lowest BCUT2D eigenvalue weighted by Crippen LogP contribution is -2.21. The summed E-state index contributed by atoms with van der Waals surface area (Å²) in [6.07, 6.45) is 6.08. The number of halogens is 5. The number of benzene rings is 8. The van der Waals surface area contributed by atoms with Gasteiger partial charge in [0.2, 0.25) is 0 Å². The highest BCUT2D eigenvalue weighted by atomic mass is 35.5. The van der Waals surface area contributed by atoms with Gasteiger partial charge < -0.3 is 29.9 Å². The molecule has 0 amide bonds. The molecule has 0 aliphatic rings. The predicted molar refractivity (Wildman–Crippen MR) is 338 cm³/mol. The highest BCUT2D eigenvalue weighted by Crippen LogP contribution is 2.58. The highest BCUT2D eigenvalue weighted by Gasteiger charge is 2.34. The zero-order valence-electron chi connectivity index (χ0n) is 45.6. The molecule has 9 aromatic rings. The molecule has 0 unspecified atom stereocenters. The molecule has 8 aromatic carbocycles. The third-order valence-corrected chi connectivity index (χ3v) is 16.1. The van der Waals surface area contributed by atoms with Crippen LogP contribution in [0.25, 0.3) is 11.1 Å². The van der Waals surface area contributed by atoms with E-state index in [-0.39, 0.29) is 0 Å². The zero-order chi connectivity index (χ0) is 56.1. The average molecular weight is 1170 g/mol. The summed E-state index contributed by atoms with van der Waals surface area (Å²) in [5.74, 6) is 0.954. The fourth-order valence-electron chi connectivity index (χ4n) is 10.1. The maximum atomic E-state index is 6.91. The smallest absolute Gasteiger partial charge is 0.153 e. The van der Waals surface area contributed by atoms with E-state index in [0.29, 0.717) is 58.7 Å². The maximum Gasteiger partial charge on any atom is 0.153 e. The number of aryl methyl sites for hydroxylation is 7. The van der Waals surface area contributed by atoms with E-state index in [0.717, 1.165) is 115 Å². The summed E-state index contributed by atoms with van der Waals surface area (Å²) in [6.45, 7) is 14.7. The van der Waals surface area contributed by atoms with Crippen LogP contribution in [-0.2, 0) is 6.42 Å². The van der Waals surface area contributed by atoms with Crippen molar-refractivity contribution in [3.8, 4) is 22.6 Å². The second-order valence-corrected chi connectivity index (χ2v) is 22.9. The molecule has 79 heavy (non-hydrogen) atoms. The summed E-state index contributed by atoms with van der Waals surface area (Å²) in [4.78, 5) is 10.7. The number of hydrogen-bond acceptors (Lipinski definition) is 8. The predicted octanol–water partition coefficient (Wildman–Crippen LogP) is 22.0. The van der Waals surface area contributed by atoms with Crippen LogP contribution in [0.3, 0.4) is 0 Å². The van der Waals surface area contributed by atoms with Crippen molar-refractivity contribution in [2.75, 3.05) is 34.7 Å². The van der Waals surface area contributed by atoms with Crippen LogP contribution in [0.2, 0.25) is 25.1 Å². The van der Waals surface area contributed by atoms with E-state index < -0.39 is 0 Å². The first-order valence-electron chi connectivity index (χ1n) is 26.1. The van der Waals surface area contributed by atoms with Crippen LogP contribution in [-0.4, -0.2) is 19.2 Å². The van der Waals surface area contributed by atoms with Crippen molar-refractivity contribution in [2.24, 2.45) is 0 Å². The molecule has 1 heterocycles. The van der Waals surface area contributed by atoms with Gasteiger partial charge in [-0.25, -0.2) is 4.98 Å². The van der Waals surface area contributed by atoms with Crippen molar-refractivity contribution in [1.29, 1.82) is 0 Å². The lowest BCUT2D eigenvalue weighted by molar-refractivity contribution is 0.406. The number of aromatic nitrogens is 1. The number of hydrogen-bond donors (Lipinski definition) is 2. The van der Waals surface area contributed by atoms with Gasteiger partial charge in [0.05, 0.1) is 48.6 Å². The summed E-state index contributed by atoms with van der Waals surface area (Å²) < 4.78 is 13.4. The third kappa shape index (κ3) is 12.6. The van der Waals surface area contributed by atoms with Gasteiger partial charge in [0.15, 0.2) is 11.5 Å². The van der Waals surface area contributed by atoms with Crippen LogP contribution in [0.4, 0.5) is 56.9 Å². The molecular weight excluding hydrogens is 1100 g/mol. The molecule has 1 radical (unpaired) electrons. The molecule has 0 aliphatic heterocycles. The van der Waals surface area contributed by atoms with Crippen molar-refractivity contribution in [2.45, 2.75) is 84.1 Å². The van der Waals surface area contributed by atoms with E-state index >= 15 is 0 Å². The van der Waals surface area contributed by atoms with E-state index in [4.69, 9.17) is 72.5 Å². The Balaban J connectivity index is 1.44. The topological polar surface area (TPSA) is 61.9 Å². The molecule has 9 rings (SSSR count). The molecule has 0 aliphatic carbocycles. The minimum atomic E-state index is 0.436. The lowest BCUT2D eigenvalue weighted by Gasteiger charge is -2.37. The Kier molecular flexibility index (Phi) is 18.3. The van der Waals surface area contributed by atoms with Crippen LogP contribution in [0, 0.1) is 47.6 Å². The molecule has 0 saturated carbocycles. The summed E-state index contributed by atoms with van der Waals surface area (Å²) >= 11 is 35.0. The van der Waals surface area contributed by atoms with E-state index in [1.807, 2.05) is 104 Å². The first-order chi connectivity index (χ1) is 38.1. The van der Waals surface area contributed by atoms with Crippen molar-refractivity contribution in [1.82, 2.24) is 4.98 Å². The normalized spacial score (nSPS) is 11.2. The van der Waals surface area contributed by atoms with Crippen molar-refractivity contribution in [3.05, 3.63) is 216 Å². The Morgan fingerprint density at radius 2 is 1.08 bits per heavy atom. The highest BCUT2D eigenvalue weighted by molar-refractivity contribution is 7.99. The van der Waals surface area contributed by atoms with E-state index in [9.17, 15) is 0 Å². The number of nitrogens with zero attached hydrogens (tertiary/aromatic N) is 3. The Labute approximate surface area is 494 Å². The molecule has 0 bridgehead atoms.